The zero-order valence-electron chi connectivity index (χ0n) is 16.2. The number of halogens is 1. The number of fused-ring (bicyclic) bond motifs is 1. The van der Waals surface area contributed by atoms with Crippen molar-refractivity contribution in [3.8, 4) is 0 Å². The highest BCUT2D eigenvalue weighted by atomic mass is 19.1. The number of aromatic nitrogens is 2. The topological polar surface area (TPSA) is 46.9 Å². The maximum absolute atomic E-state index is 13.2. The fraction of sp³-hybridized carbons (Fsp3) is 0.167. The lowest BCUT2D eigenvalue weighted by atomic mass is 10.1. The van der Waals surface area contributed by atoms with Crippen molar-refractivity contribution < 1.29 is 9.18 Å². The third kappa shape index (κ3) is 4.51. The van der Waals surface area contributed by atoms with Crippen LogP contribution in [0.2, 0.25) is 0 Å². The molecule has 4 rings (SSSR count). The third-order valence-corrected chi connectivity index (χ3v) is 4.87. The van der Waals surface area contributed by atoms with Gasteiger partial charge in [0.15, 0.2) is 0 Å². The Labute approximate surface area is 169 Å². The van der Waals surface area contributed by atoms with Gasteiger partial charge in [-0.2, -0.15) is 0 Å². The van der Waals surface area contributed by atoms with Crippen LogP contribution >= 0.6 is 0 Å². The van der Waals surface area contributed by atoms with Gasteiger partial charge in [0, 0.05) is 25.1 Å². The van der Waals surface area contributed by atoms with Gasteiger partial charge in [0.2, 0.25) is 5.91 Å². The first-order chi connectivity index (χ1) is 14.1. The predicted octanol–water partition coefficient (Wildman–Crippen LogP) is 5.10. The average molecular weight is 387 g/mol. The summed E-state index contributed by atoms with van der Waals surface area (Å²) in [6.45, 7) is 2.52. The van der Waals surface area contributed by atoms with Gasteiger partial charge in [0.05, 0.1) is 11.0 Å². The van der Waals surface area contributed by atoms with E-state index >= 15 is 0 Å². The highest BCUT2D eigenvalue weighted by Gasteiger charge is 2.13. The van der Waals surface area contributed by atoms with Gasteiger partial charge in [-0.3, -0.25) is 4.79 Å². The minimum atomic E-state index is -0.255. The van der Waals surface area contributed by atoms with Gasteiger partial charge in [-0.15, -0.1) is 0 Å². The fourth-order valence-electron chi connectivity index (χ4n) is 3.45. The van der Waals surface area contributed by atoms with Gasteiger partial charge in [0.1, 0.15) is 11.6 Å². The van der Waals surface area contributed by atoms with Crippen LogP contribution in [0.1, 0.15) is 23.4 Å². The summed E-state index contributed by atoms with van der Waals surface area (Å²) in [7, 11) is 0. The molecule has 3 aromatic carbocycles. The number of benzene rings is 3. The standard InChI is InChI=1S/C24H22FN3O/c1-17-5-4-6-20(15-17)26-24(29)13-14-28-22-8-3-2-7-21(22)27-23(28)16-18-9-11-19(25)12-10-18/h2-12,15H,13-14,16H2,1H3,(H,26,29). The Bertz CT molecular complexity index is 1150. The van der Waals surface area contributed by atoms with E-state index in [4.69, 9.17) is 4.98 Å². The maximum atomic E-state index is 13.2. The van der Waals surface area contributed by atoms with E-state index in [1.165, 1.54) is 12.1 Å². The highest BCUT2D eigenvalue weighted by molar-refractivity contribution is 5.90. The molecule has 1 N–H and O–H groups in total. The van der Waals surface area contributed by atoms with Gasteiger partial charge in [-0.05, 0) is 54.4 Å². The maximum Gasteiger partial charge on any atom is 0.226 e. The van der Waals surface area contributed by atoms with Crippen LogP contribution in [0.15, 0.2) is 72.8 Å². The molecular weight excluding hydrogens is 365 g/mol. The molecule has 0 radical (unpaired) electrons. The summed E-state index contributed by atoms with van der Waals surface area (Å²) in [6, 6.07) is 22.1. The molecule has 0 saturated heterocycles. The molecule has 0 unspecified atom stereocenters. The molecule has 0 aliphatic carbocycles. The van der Waals surface area contributed by atoms with E-state index in [2.05, 4.69) is 9.88 Å². The zero-order valence-corrected chi connectivity index (χ0v) is 16.2. The molecule has 0 aliphatic heterocycles. The van der Waals surface area contributed by atoms with E-state index in [0.29, 0.717) is 19.4 Å². The van der Waals surface area contributed by atoms with Crippen LogP contribution in [0.4, 0.5) is 10.1 Å². The molecule has 0 spiro atoms. The lowest BCUT2D eigenvalue weighted by Gasteiger charge is -2.10. The van der Waals surface area contributed by atoms with Crippen molar-refractivity contribution in [1.82, 2.24) is 9.55 Å². The van der Waals surface area contributed by atoms with E-state index in [1.807, 2.05) is 55.5 Å². The Morgan fingerprint density at radius 2 is 1.83 bits per heavy atom. The molecule has 0 atom stereocenters. The molecule has 1 aromatic heterocycles. The van der Waals surface area contributed by atoms with Crippen LogP contribution in [0, 0.1) is 12.7 Å². The van der Waals surface area contributed by atoms with Crippen LogP contribution in [0.5, 0.6) is 0 Å². The Balaban J connectivity index is 1.53. The zero-order chi connectivity index (χ0) is 20.2. The summed E-state index contributed by atoms with van der Waals surface area (Å²) in [4.78, 5) is 17.2. The summed E-state index contributed by atoms with van der Waals surface area (Å²) in [5.41, 5.74) is 4.77. The smallest absolute Gasteiger partial charge is 0.226 e. The lowest BCUT2D eigenvalue weighted by molar-refractivity contribution is -0.116. The predicted molar refractivity (Wildman–Crippen MR) is 113 cm³/mol. The Hall–Kier alpha value is -3.47. The van der Waals surface area contributed by atoms with Crippen molar-refractivity contribution in [2.24, 2.45) is 0 Å². The van der Waals surface area contributed by atoms with Crippen molar-refractivity contribution in [3.05, 3.63) is 95.6 Å². The summed E-state index contributed by atoms with van der Waals surface area (Å²) in [5, 5.41) is 2.95. The molecule has 0 fully saturated rings. The molecule has 0 saturated carbocycles. The largest absolute Gasteiger partial charge is 0.327 e. The number of aryl methyl sites for hydroxylation is 2. The van der Waals surface area contributed by atoms with Gasteiger partial charge < -0.3 is 9.88 Å². The number of rotatable bonds is 6. The minimum Gasteiger partial charge on any atom is -0.327 e. The van der Waals surface area contributed by atoms with Gasteiger partial charge >= 0.3 is 0 Å². The minimum absolute atomic E-state index is 0.0406. The number of para-hydroxylation sites is 2. The van der Waals surface area contributed by atoms with E-state index in [0.717, 1.165) is 33.7 Å². The van der Waals surface area contributed by atoms with Crippen molar-refractivity contribution in [1.29, 1.82) is 0 Å². The van der Waals surface area contributed by atoms with Gasteiger partial charge in [-0.1, -0.05) is 36.4 Å². The molecule has 1 heterocycles. The first kappa shape index (κ1) is 18.9. The second kappa shape index (κ2) is 8.27. The van der Waals surface area contributed by atoms with Crippen molar-refractivity contribution in [2.45, 2.75) is 26.3 Å². The molecule has 4 aromatic rings. The monoisotopic (exact) mass is 387 g/mol. The quantitative estimate of drug-likeness (QED) is 0.500. The van der Waals surface area contributed by atoms with E-state index in [1.54, 1.807) is 12.1 Å². The number of hydrogen-bond donors (Lipinski definition) is 1. The fourth-order valence-corrected chi connectivity index (χ4v) is 3.45. The molecule has 29 heavy (non-hydrogen) atoms. The summed E-state index contributed by atoms with van der Waals surface area (Å²) in [5.74, 6) is 0.567. The van der Waals surface area contributed by atoms with Crippen LogP contribution in [-0.4, -0.2) is 15.5 Å². The van der Waals surface area contributed by atoms with Gasteiger partial charge in [0.25, 0.3) is 0 Å². The first-order valence-corrected chi connectivity index (χ1v) is 9.63. The Kier molecular flexibility index (Phi) is 5.38. The molecule has 0 bridgehead atoms. The third-order valence-electron chi connectivity index (χ3n) is 4.87. The summed E-state index contributed by atoms with van der Waals surface area (Å²) >= 11 is 0. The molecule has 0 aliphatic rings. The van der Waals surface area contributed by atoms with Gasteiger partial charge in [-0.25, -0.2) is 9.37 Å². The second-order valence-corrected chi connectivity index (χ2v) is 7.14. The number of imidazole rings is 1. The van der Waals surface area contributed by atoms with Crippen LogP contribution in [-0.2, 0) is 17.8 Å². The molecule has 4 nitrogen and oxygen atoms in total. The molecular formula is C24H22FN3O. The molecule has 1 amide bonds. The Morgan fingerprint density at radius 3 is 2.62 bits per heavy atom. The van der Waals surface area contributed by atoms with Crippen LogP contribution in [0.25, 0.3) is 11.0 Å². The number of nitrogens with one attached hydrogen (secondary N) is 1. The number of nitrogens with zero attached hydrogens (tertiary/aromatic N) is 2. The molecule has 146 valence electrons. The van der Waals surface area contributed by atoms with E-state index in [9.17, 15) is 9.18 Å². The van der Waals surface area contributed by atoms with Crippen molar-refractivity contribution >= 4 is 22.6 Å². The van der Waals surface area contributed by atoms with Crippen LogP contribution < -0.4 is 5.32 Å². The average Bonchev–Trinajstić information content (AvgIpc) is 3.05. The number of anilines is 1. The summed E-state index contributed by atoms with van der Waals surface area (Å²) in [6.07, 6.45) is 0.916. The summed E-state index contributed by atoms with van der Waals surface area (Å²) < 4.78 is 15.3. The molecule has 5 heteroatoms. The number of carbonyl (C=O) groups is 1. The normalized spacial score (nSPS) is 11.0. The second-order valence-electron chi connectivity index (χ2n) is 7.14. The lowest BCUT2D eigenvalue weighted by Crippen LogP contribution is -2.15. The SMILES string of the molecule is Cc1cccc(NC(=O)CCn2c(Cc3ccc(F)cc3)nc3ccccc32)c1. The highest BCUT2D eigenvalue weighted by Crippen LogP contribution is 2.20. The van der Waals surface area contributed by atoms with E-state index in [-0.39, 0.29) is 11.7 Å². The number of amides is 1. The van der Waals surface area contributed by atoms with Crippen molar-refractivity contribution in [2.75, 3.05) is 5.32 Å². The Morgan fingerprint density at radius 1 is 1.03 bits per heavy atom. The van der Waals surface area contributed by atoms with Crippen molar-refractivity contribution in [3.63, 3.8) is 0 Å². The number of carbonyl (C=O) groups excluding carboxylic acids is 1. The van der Waals surface area contributed by atoms with Crippen LogP contribution in [0.3, 0.4) is 0 Å². The van der Waals surface area contributed by atoms with E-state index < -0.39 is 0 Å². The first-order valence-electron chi connectivity index (χ1n) is 9.63. The number of hydrogen-bond acceptors (Lipinski definition) is 2.